The lowest BCUT2D eigenvalue weighted by Crippen LogP contribution is -2.31. The van der Waals surface area contributed by atoms with Gasteiger partial charge in [0.2, 0.25) is 0 Å². The van der Waals surface area contributed by atoms with Crippen LogP contribution < -0.4 is 5.32 Å². The van der Waals surface area contributed by atoms with Crippen molar-refractivity contribution in [3.05, 3.63) is 21.9 Å². The van der Waals surface area contributed by atoms with E-state index >= 15 is 0 Å². The van der Waals surface area contributed by atoms with E-state index in [2.05, 4.69) is 11.4 Å². The minimum Gasteiger partial charge on any atom is -0.308 e. The van der Waals surface area contributed by atoms with Gasteiger partial charge in [-0.2, -0.15) is 5.26 Å². The van der Waals surface area contributed by atoms with Crippen LogP contribution in [0.25, 0.3) is 0 Å². The summed E-state index contributed by atoms with van der Waals surface area (Å²) in [6.45, 7) is 2.43. The molecule has 1 heterocycles. The monoisotopic (exact) mass is 258 g/mol. The first-order valence-electron chi connectivity index (χ1n) is 4.79. The van der Waals surface area contributed by atoms with Crippen LogP contribution >= 0.6 is 11.3 Å². The number of nitriles is 1. The van der Waals surface area contributed by atoms with E-state index in [0.29, 0.717) is 12.1 Å². The summed E-state index contributed by atoms with van der Waals surface area (Å²) in [5.41, 5.74) is 0.651. The summed E-state index contributed by atoms with van der Waals surface area (Å²) in [6, 6.07) is 3.79. The normalized spacial score (nSPS) is 13.3. The molecule has 0 spiro atoms. The molecule has 1 aromatic rings. The Morgan fingerprint density at radius 3 is 2.81 bits per heavy atom. The third-order valence-corrected chi connectivity index (χ3v) is 4.00. The first-order chi connectivity index (χ1) is 7.40. The molecule has 0 saturated carbocycles. The van der Waals surface area contributed by atoms with Crippen molar-refractivity contribution in [2.75, 3.05) is 12.0 Å². The van der Waals surface area contributed by atoms with Crippen LogP contribution in [-0.4, -0.2) is 26.5 Å². The second-order valence-electron chi connectivity index (χ2n) is 3.79. The number of rotatable bonds is 5. The number of thiophene rings is 1. The molecular weight excluding hydrogens is 244 g/mol. The molecule has 0 aliphatic heterocycles. The lowest BCUT2D eigenvalue weighted by molar-refractivity contribution is 0.562. The van der Waals surface area contributed by atoms with Gasteiger partial charge in [-0.3, -0.25) is 0 Å². The molecule has 0 saturated heterocycles. The molecule has 6 heteroatoms. The van der Waals surface area contributed by atoms with E-state index in [4.69, 9.17) is 5.26 Å². The number of nitrogens with zero attached hydrogens (tertiary/aromatic N) is 1. The van der Waals surface area contributed by atoms with E-state index in [-0.39, 0.29) is 11.8 Å². The quantitative estimate of drug-likeness (QED) is 0.860. The molecule has 1 unspecified atom stereocenters. The number of sulfone groups is 1. The van der Waals surface area contributed by atoms with Gasteiger partial charge in [-0.15, -0.1) is 11.3 Å². The standard InChI is InChI=1S/C10H14N2O2S2/c1-8(7-16(2,13)14)12-5-10-3-9(4-11)6-15-10/h3,6,8,12H,5,7H2,1-2H3. The third-order valence-electron chi connectivity index (χ3n) is 1.96. The zero-order valence-corrected chi connectivity index (χ0v) is 10.9. The zero-order chi connectivity index (χ0) is 12.2. The average molecular weight is 258 g/mol. The van der Waals surface area contributed by atoms with Crippen molar-refractivity contribution in [1.82, 2.24) is 5.32 Å². The molecule has 0 amide bonds. The van der Waals surface area contributed by atoms with Crippen LogP contribution in [0, 0.1) is 11.3 Å². The third kappa shape index (κ3) is 4.75. The highest BCUT2D eigenvalue weighted by molar-refractivity contribution is 7.90. The van der Waals surface area contributed by atoms with Gasteiger partial charge < -0.3 is 5.32 Å². The number of hydrogen-bond donors (Lipinski definition) is 1. The Morgan fingerprint density at radius 1 is 1.62 bits per heavy atom. The molecule has 0 aliphatic carbocycles. The largest absolute Gasteiger partial charge is 0.308 e. The topological polar surface area (TPSA) is 70.0 Å². The maximum Gasteiger partial charge on any atom is 0.148 e. The Bertz CT molecular complexity index is 485. The van der Waals surface area contributed by atoms with Gasteiger partial charge in [-0.1, -0.05) is 0 Å². The molecule has 0 aliphatic rings. The van der Waals surface area contributed by atoms with Crippen molar-refractivity contribution in [1.29, 1.82) is 5.26 Å². The summed E-state index contributed by atoms with van der Waals surface area (Å²) >= 11 is 1.50. The van der Waals surface area contributed by atoms with Gasteiger partial charge in [0.25, 0.3) is 0 Å². The number of nitrogens with one attached hydrogen (secondary N) is 1. The lowest BCUT2D eigenvalue weighted by Gasteiger charge is -2.11. The highest BCUT2D eigenvalue weighted by Crippen LogP contribution is 2.13. The molecule has 1 N–H and O–H groups in total. The van der Waals surface area contributed by atoms with Crippen LogP contribution in [0.15, 0.2) is 11.4 Å². The van der Waals surface area contributed by atoms with E-state index < -0.39 is 9.84 Å². The van der Waals surface area contributed by atoms with Crippen LogP contribution in [0.5, 0.6) is 0 Å². The van der Waals surface area contributed by atoms with Gasteiger partial charge in [0.05, 0.1) is 11.3 Å². The minimum atomic E-state index is -2.94. The van der Waals surface area contributed by atoms with E-state index in [1.54, 1.807) is 5.38 Å². The summed E-state index contributed by atoms with van der Waals surface area (Å²) < 4.78 is 22.0. The molecular formula is C10H14N2O2S2. The zero-order valence-electron chi connectivity index (χ0n) is 9.23. The SMILES string of the molecule is CC(CS(C)(=O)=O)NCc1cc(C#N)cs1. The van der Waals surface area contributed by atoms with Gasteiger partial charge in [0.15, 0.2) is 0 Å². The lowest BCUT2D eigenvalue weighted by atomic mass is 10.3. The first kappa shape index (κ1) is 13.2. The molecule has 0 bridgehead atoms. The van der Waals surface area contributed by atoms with E-state index in [9.17, 15) is 8.42 Å². The number of hydrogen-bond acceptors (Lipinski definition) is 5. The molecule has 1 rings (SSSR count). The Morgan fingerprint density at radius 2 is 2.31 bits per heavy atom. The van der Waals surface area contributed by atoms with Gasteiger partial charge >= 0.3 is 0 Å². The summed E-state index contributed by atoms with van der Waals surface area (Å²) in [7, 11) is -2.94. The second-order valence-corrected chi connectivity index (χ2v) is 6.97. The van der Waals surface area contributed by atoms with Crippen LogP contribution in [0.1, 0.15) is 17.4 Å². The average Bonchev–Trinajstić information content (AvgIpc) is 2.59. The minimum absolute atomic E-state index is 0.0809. The van der Waals surface area contributed by atoms with Gasteiger partial charge in [-0.25, -0.2) is 8.42 Å². The Labute approximate surface area is 99.8 Å². The van der Waals surface area contributed by atoms with Crippen LogP contribution in [-0.2, 0) is 16.4 Å². The van der Waals surface area contributed by atoms with Gasteiger partial charge in [-0.05, 0) is 13.0 Å². The summed E-state index contributed by atoms with van der Waals surface area (Å²) in [4.78, 5) is 1.04. The van der Waals surface area contributed by atoms with E-state index in [0.717, 1.165) is 4.88 Å². The predicted molar refractivity (Wildman–Crippen MR) is 65.0 cm³/mol. The molecule has 0 radical (unpaired) electrons. The van der Waals surface area contributed by atoms with Crippen molar-refractivity contribution < 1.29 is 8.42 Å². The highest BCUT2D eigenvalue weighted by atomic mass is 32.2. The first-order valence-corrected chi connectivity index (χ1v) is 7.73. The summed E-state index contributed by atoms with van der Waals surface area (Å²) in [5.74, 6) is 0.128. The Balaban J connectivity index is 2.43. The highest BCUT2D eigenvalue weighted by Gasteiger charge is 2.10. The maximum absolute atomic E-state index is 11.0. The fourth-order valence-corrected chi connectivity index (χ4v) is 3.11. The van der Waals surface area contributed by atoms with E-state index in [1.165, 1.54) is 17.6 Å². The van der Waals surface area contributed by atoms with Crippen LogP contribution in [0.3, 0.4) is 0 Å². The Hall–Kier alpha value is -0.900. The fourth-order valence-electron chi connectivity index (χ4n) is 1.32. The van der Waals surface area contributed by atoms with Crippen molar-refractivity contribution in [3.63, 3.8) is 0 Å². The smallest absolute Gasteiger partial charge is 0.148 e. The molecule has 1 atom stereocenters. The van der Waals surface area contributed by atoms with Crippen LogP contribution in [0.2, 0.25) is 0 Å². The van der Waals surface area contributed by atoms with E-state index in [1.807, 2.05) is 13.0 Å². The molecule has 0 fully saturated rings. The molecule has 0 aromatic carbocycles. The van der Waals surface area contributed by atoms with Crippen molar-refractivity contribution in [2.24, 2.45) is 0 Å². The van der Waals surface area contributed by atoms with Crippen molar-refractivity contribution in [2.45, 2.75) is 19.5 Å². The van der Waals surface area contributed by atoms with Crippen molar-refractivity contribution in [3.8, 4) is 6.07 Å². The molecule has 4 nitrogen and oxygen atoms in total. The molecule has 16 heavy (non-hydrogen) atoms. The van der Waals surface area contributed by atoms with Crippen LogP contribution in [0.4, 0.5) is 0 Å². The summed E-state index contributed by atoms with van der Waals surface area (Å²) in [6.07, 6.45) is 1.23. The van der Waals surface area contributed by atoms with Gasteiger partial charge in [0, 0.05) is 29.1 Å². The fraction of sp³-hybridized carbons (Fsp3) is 0.500. The van der Waals surface area contributed by atoms with Crippen molar-refractivity contribution >= 4 is 21.2 Å². The second kappa shape index (κ2) is 5.43. The molecule has 88 valence electrons. The molecule has 1 aromatic heterocycles. The maximum atomic E-state index is 11.0. The Kier molecular flexibility index (Phi) is 4.47. The van der Waals surface area contributed by atoms with Gasteiger partial charge in [0.1, 0.15) is 15.9 Å². The summed E-state index contributed by atoms with van der Waals surface area (Å²) in [5, 5.41) is 13.5. The predicted octanol–water partition coefficient (Wildman–Crippen LogP) is 1.14.